The van der Waals surface area contributed by atoms with Crippen LogP contribution in [0.1, 0.15) is 46.0 Å². The smallest absolute Gasteiger partial charge is 0.308 e. The molecule has 1 heterocycles. The molecule has 0 spiro atoms. The molecule has 1 aromatic rings. The number of rotatable bonds is 6. The van der Waals surface area contributed by atoms with Crippen molar-refractivity contribution in [2.75, 3.05) is 7.11 Å². The summed E-state index contributed by atoms with van der Waals surface area (Å²) in [5, 5.41) is 20.6. The molecule has 3 atom stereocenters. The molecule has 0 aliphatic carbocycles. The van der Waals surface area contributed by atoms with Gasteiger partial charge in [-0.05, 0) is 37.6 Å². The summed E-state index contributed by atoms with van der Waals surface area (Å²) in [5.74, 6) is -0.905. The zero-order chi connectivity index (χ0) is 13.9. The molecule has 0 aliphatic heterocycles. The zero-order valence-corrected chi connectivity index (χ0v) is 11.4. The highest BCUT2D eigenvalue weighted by atomic mass is 16.5. The molecule has 7 nitrogen and oxygen atoms in total. The summed E-state index contributed by atoms with van der Waals surface area (Å²) in [5.41, 5.74) is -0.615. The van der Waals surface area contributed by atoms with Crippen molar-refractivity contribution in [1.29, 1.82) is 0 Å². The molecule has 0 saturated heterocycles. The van der Waals surface area contributed by atoms with Crippen molar-refractivity contribution in [2.45, 2.75) is 45.8 Å². The number of carboxylic acid groups (broad SMARTS) is 1. The van der Waals surface area contributed by atoms with Crippen LogP contribution in [0.2, 0.25) is 0 Å². The summed E-state index contributed by atoms with van der Waals surface area (Å²) in [6.45, 7) is 7.26. The Kier molecular flexibility index (Phi) is 4.39. The van der Waals surface area contributed by atoms with Crippen LogP contribution in [0.15, 0.2) is 0 Å². The molecule has 0 saturated carbocycles. The predicted molar refractivity (Wildman–Crippen MR) is 64.0 cm³/mol. The first-order chi connectivity index (χ1) is 8.37. The van der Waals surface area contributed by atoms with Gasteiger partial charge in [-0.3, -0.25) is 4.79 Å². The van der Waals surface area contributed by atoms with Crippen LogP contribution in [0.4, 0.5) is 0 Å². The second kappa shape index (κ2) is 5.43. The van der Waals surface area contributed by atoms with E-state index in [1.807, 2.05) is 13.8 Å². The Morgan fingerprint density at radius 3 is 2.61 bits per heavy atom. The summed E-state index contributed by atoms with van der Waals surface area (Å²) in [7, 11) is 1.59. The third-order valence-electron chi connectivity index (χ3n) is 3.59. The highest BCUT2D eigenvalue weighted by molar-refractivity contribution is 5.70. The molecule has 7 heteroatoms. The highest BCUT2D eigenvalue weighted by Gasteiger charge is 2.34. The minimum atomic E-state index is -0.875. The minimum Gasteiger partial charge on any atom is -0.481 e. The maximum absolute atomic E-state index is 11.0. The van der Waals surface area contributed by atoms with Crippen LogP contribution in [-0.4, -0.2) is 38.4 Å². The van der Waals surface area contributed by atoms with Gasteiger partial charge in [0.15, 0.2) is 5.82 Å². The molecular formula is C11H20N4O3. The molecular weight excluding hydrogens is 236 g/mol. The lowest BCUT2D eigenvalue weighted by Crippen LogP contribution is -2.32. The van der Waals surface area contributed by atoms with Crippen LogP contribution in [0.3, 0.4) is 0 Å². The van der Waals surface area contributed by atoms with E-state index in [4.69, 9.17) is 9.84 Å². The fourth-order valence-electron chi connectivity index (χ4n) is 1.63. The maximum atomic E-state index is 11.0. The third-order valence-corrected chi connectivity index (χ3v) is 3.59. The van der Waals surface area contributed by atoms with Crippen molar-refractivity contribution in [3.8, 4) is 0 Å². The summed E-state index contributed by atoms with van der Waals surface area (Å²) < 4.78 is 6.99. The van der Waals surface area contributed by atoms with Crippen LogP contribution in [0, 0.1) is 5.92 Å². The number of carbonyl (C=O) groups is 1. The number of methoxy groups -OCH3 is 1. The van der Waals surface area contributed by atoms with Gasteiger partial charge >= 0.3 is 5.97 Å². The summed E-state index contributed by atoms with van der Waals surface area (Å²) in [6.07, 6.45) is 0.693. The lowest BCUT2D eigenvalue weighted by Gasteiger charge is -2.27. The third kappa shape index (κ3) is 2.50. The average molecular weight is 256 g/mol. The topological polar surface area (TPSA) is 90.1 Å². The van der Waals surface area contributed by atoms with Crippen LogP contribution in [0.5, 0.6) is 0 Å². The van der Waals surface area contributed by atoms with E-state index in [0.717, 1.165) is 0 Å². The van der Waals surface area contributed by atoms with E-state index in [1.165, 1.54) is 4.68 Å². The Morgan fingerprint density at radius 1 is 1.56 bits per heavy atom. The normalized spacial score (nSPS) is 18.1. The minimum absolute atomic E-state index is 0.339. The van der Waals surface area contributed by atoms with E-state index in [0.29, 0.717) is 12.2 Å². The van der Waals surface area contributed by atoms with Gasteiger partial charge in [0, 0.05) is 7.11 Å². The highest BCUT2D eigenvalue weighted by Crippen LogP contribution is 2.29. The standard InChI is InChI=1S/C11H20N4O3/c1-6-11(4,18-5)10-12-13-14-15(10)8(3)7(2)9(16)17/h7-8H,6H2,1-5H3,(H,16,17). The van der Waals surface area contributed by atoms with Gasteiger partial charge in [0.2, 0.25) is 0 Å². The van der Waals surface area contributed by atoms with Gasteiger partial charge in [-0.15, -0.1) is 5.10 Å². The first-order valence-corrected chi connectivity index (χ1v) is 5.93. The number of nitrogens with zero attached hydrogens (tertiary/aromatic N) is 4. The molecule has 0 aromatic carbocycles. The quantitative estimate of drug-likeness (QED) is 0.823. The first kappa shape index (κ1) is 14.6. The van der Waals surface area contributed by atoms with Gasteiger partial charge in [0.05, 0.1) is 12.0 Å². The Bertz CT molecular complexity index is 414. The largest absolute Gasteiger partial charge is 0.481 e. The number of ether oxygens (including phenoxy) is 1. The van der Waals surface area contributed by atoms with Gasteiger partial charge in [-0.25, -0.2) is 4.68 Å². The summed E-state index contributed by atoms with van der Waals surface area (Å²) in [4.78, 5) is 11.0. The van der Waals surface area contributed by atoms with Crippen molar-refractivity contribution in [1.82, 2.24) is 20.2 Å². The zero-order valence-electron chi connectivity index (χ0n) is 11.4. The second-order valence-corrected chi connectivity index (χ2v) is 4.60. The van der Waals surface area contributed by atoms with Gasteiger partial charge < -0.3 is 9.84 Å². The van der Waals surface area contributed by atoms with E-state index in [9.17, 15) is 4.79 Å². The molecule has 3 unspecified atom stereocenters. The fraction of sp³-hybridized carbons (Fsp3) is 0.818. The number of tetrazole rings is 1. The lowest BCUT2D eigenvalue weighted by atomic mass is 10.00. The summed E-state index contributed by atoms with van der Waals surface area (Å²) >= 11 is 0. The van der Waals surface area contributed by atoms with Crippen molar-refractivity contribution in [2.24, 2.45) is 5.92 Å². The van der Waals surface area contributed by atoms with Crippen LogP contribution < -0.4 is 0 Å². The van der Waals surface area contributed by atoms with E-state index < -0.39 is 17.5 Å². The molecule has 18 heavy (non-hydrogen) atoms. The number of hydrogen-bond acceptors (Lipinski definition) is 5. The molecule has 0 fully saturated rings. The Morgan fingerprint density at radius 2 is 2.17 bits per heavy atom. The summed E-state index contributed by atoms with van der Waals surface area (Å²) in [6, 6.07) is -0.339. The van der Waals surface area contributed by atoms with Gasteiger partial charge in [0.25, 0.3) is 0 Å². The van der Waals surface area contributed by atoms with Gasteiger partial charge in [-0.1, -0.05) is 6.92 Å². The fourth-order valence-corrected chi connectivity index (χ4v) is 1.63. The van der Waals surface area contributed by atoms with Gasteiger partial charge in [0.1, 0.15) is 5.60 Å². The molecule has 0 aliphatic rings. The van der Waals surface area contributed by atoms with Gasteiger partial charge in [-0.2, -0.15) is 0 Å². The number of aliphatic carboxylic acids is 1. The average Bonchev–Trinajstić information content (AvgIpc) is 2.85. The number of aromatic nitrogens is 4. The Labute approximate surface area is 106 Å². The SMILES string of the molecule is CCC(C)(OC)c1nnnn1C(C)C(C)C(=O)O. The molecule has 1 aromatic heterocycles. The lowest BCUT2D eigenvalue weighted by molar-refractivity contribution is -0.142. The predicted octanol–water partition coefficient (Wildman–Crippen LogP) is 1.23. The molecule has 0 amide bonds. The van der Waals surface area contributed by atoms with Crippen molar-refractivity contribution >= 4 is 5.97 Å². The van der Waals surface area contributed by atoms with E-state index in [-0.39, 0.29) is 6.04 Å². The molecule has 0 radical (unpaired) electrons. The number of carboxylic acids is 1. The molecule has 102 valence electrons. The monoisotopic (exact) mass is 256 g/mol. The van der Waals surface area contributed by atoms with Crippen molar-refractivity contribution in [3.63, 3.8) is 0 Å². The van der Waals surface area contributed by atoms with Crippen LogP contribution in [-0.2, 0) is 15.1 Å². The van der Waals surface area contributed by atoms with E-state index in [1.54, 1.807) is 21.0 Å². The van der Waals surface area contributed by atoms with Crippen molar-refractivity contribution < 1.29 is 14.6 Å². The Balaban J connectivity index is 3.13. The Hall–Kier alpha value is -1.50. The second-order valence-electron chi connectivity index (χ2n) is 4.60. The van der Waals surface area contributed by atoms with Crippen molar-refractivity contribution in [3.05, 3.63) is 5.82 Å². The molecule has 1 N–H and O–H groups in total. The van der Waals surface area contributed by atoms with E-state index in [2.05, 4.69) is 15.5 Å². The maximum Gasteiger partial charge on any atom is 0.308 e. The first-order valence-electron chi connectivity index (χ1n) is 5.93. The van der Waals surface area contributed by atoms with E-state index >= 15 is 0 Å². The number of hydrogen-bond donors (Lipinski definition) is 1. The molecule has 1 rings (SSSR count). The molecule has 0 bridgehead atoms. The van der Waals surface area contributed by atoms with Crippen LogP contribution in [0.25, 0.3) is 0 Å². The van der Waals surface area contributed by atoms with Crippen LogP contribution >= 0.6 is 0 Å².